The summed E-state index contributed by atoms with van der Waals surface area (Å²) < 4.78 is 28.1. The van der Waals surface area contributed by atoms with Crippen LogP contribution >= 0.6 is 0 Å². The van der Waals surface area contributed by atoms with Gasteiger partial charge in [0.1, 0.15) is 0 Å². The van der Waals surface area contributed by atoms with E-state index in [-0.39, 0.29) is 6.04 Å². The summed E-state index contributed by atoms with van der Waals surface area (Å²) in [6, 6.07) is 5.32. The van der Waals surface area contributed by atoms with Crippen LogP contribution in [0.3, 0.4) is 0 Å². The molecule has 7 heteroatoms. The number of rotatable bonds is 3. The lowest BCUT2D eigenvalue weighted by atomic mass is 10.1. The maximum Gasteiger partial charge on any atom is 0.243 e. The van der Waals surface area contributed by atoms with Crippen molar-refractivity contribution in [3.63, 3.8) is 0 Å². The smallest absolute Gasteiger partial charge is 0.243 e. The predicted molar refractivity (Wildman–Crippen MR) is 73.7 cm³/mol. The van der Waals surface area contributed by atoms with Crippen molar-refractivity contribution in [2.45, 2.75) is 24.8 Å². The normalized spacial score (nSPS) is 17.1. The van der Waals surface area contributed by atoms with E-state index in [2.05, 4.69) is 10.3 Å². The van der Waals surface area contributed by atoms with Gasteiger partial charge in [0.25, 0.3) is 0 Å². The number of benzene rings is 1. The summed E-state index contributed by atoms with van der Waals surface area (Å²) in [5, 5.41) is 7.64. The lowest BCUT2D eigenvalue weighted by molar-refractivity contribution is 0.189. The minimum Gasteiger partial charge on any atom is -0.247 e. The molecule has 20 heavy (non-hydrogen) atoms. The summed E-state index contributed by atoms with van der Waals surface area (Å²) in [6.07, 6.45) is 3.35. The van der Waals surface area contributed by atoms with Crippen LogP contribution < -0.4 is 0 Å². The molecule has 106 valence electrons. The van der Waals surface area contributed by atoms with Gasteiger partial charge < -0.3 is 0 Å². The van der Waals surface area contributed by atoms with Crippen molar-refractivity contribution in [3.05, 3.63) is 41.7 Å². The maximum atomic E-state index is 12.5. The fourth-order valence-corrected chi connectivity index (χ4v) is 3.82. The van der Waals surface area contributed by atoms with E-state index in [0.717, 1.165) is 11.1 Å². The third-order valence-electron chi connectivity index (χ3n) is 3.76. The molecule has 0 atom stereocenters. The molecule has 0 unspecified atom stereocenters. The first-order valence-corrected chi connectivity index (χ1v) is 7.86. The molecule has 0 radical (unpaired) electrons. The average molecular weight is 292 g/mol. The second kappa shape index (κ2) is 4.68. The van der Waals surface area contributed by atoms with Gasteiger partial charge in [-0.2, -0.15) is 4.31 Å². The zero-order valence-corrected chi connectivity index (χ0v) is 12.2. The Morgan fingerprint density at radius 2 is 1.95 bits per heavy atom. The average Bonchev–Trinajstić information content (AvgIpc) is 2.84. The zero-order valence-electron chi connectivity index (χ0n) is 11.4. The number of sulfonamides is 1. The first kappa shape index (κ1) is 13.3. The third-order valence-corrected chi connectivity index (χ3v) is 5.59. The SMILES string of the molecule is Cc1ccc(S(=O)(=O)N2CC(n3ccnn3)C2)cc1C. The molecular formula is C13H16N4O2S. The van der Waals surface area contributed by atoms with Crippen LogP contribution in [0.25, 0.3) is 0 Å². The van der Waals surface area contributed by atoms with Gasteiger partial charge in [-0.15, -0.1) is 5.10 Å². The van der Waals surface area contributed by atoms with E-state index in [1.54, 1.807) is 29.2 Å². The summed E-state index contributed by atoms with van der Waals surface area (Å²) in [5.41, 5.74) is 2.08. The van der Waals surface area contributed by atoms with E-state index in [4.69, 9.17) is 0 Å². The minimum atomic E-state index is -3.39. The molecule has 1 fully saturated rings. The van der Waals surface area contributed by atoms with Crippen molar-refractivity contribution in [1.29, 1.82) is 0 Å². The van der Waals surface area contributed by atoms with Crippen LogP contribution in [-0.4, -0.2) is 40.8 Å². The Morgan fingerprint density at radius 3 is 2.55 bits per heavy atom. The van der Waals surface area contributed by atoms with Crippen molar-refractivity contribution >= 4 is 10.0 Å². The monoisotopic (exact) mass is 292 g/mol. The van der Waals surface area contributed by atoms with Gasteiger partial charge in [-0.1, -0.05) is 11.3 Å². The van der Waals surface area contributed by atoms with Gasteiger partial charge in [0.05, 0.1) is 17.1 Å². The molecule has 1 aliphatic heterocycles. The zero-order chi connectivity index (χ0) is 14.3. The summed E-state index contributed by atoms with van der Waals surface area (Å²) in [5.74, 6) is 0. The molecule has 1 aromatic carbocycles. The summed E-state index contributed by atoms with van der Waals surface area (Å²) in [6.45, 7) is 4.77. The highest BCUT2D eigenvalue weighted by Crippen LogP contribution is 2.28. The van der Waals surface area contributed by atoms with E-state index in [0.29, 0.717) is 18.0 Å². The van der Waals surface area contributed by atoms with Gasteiger partial charge in [-0.25, -0.2) is 13.1 Å². The van der Waals surface area contributed by atoms with E-state index in [1.165, 1.54) is 4.31 Å². The number of hydrogen-bond donors (Lipinski definition) is 0. The molecule has 0 aliphatic carbocycles. The van der Waals surface area contributed by atoms with Gasteiger partial charge in [0.2, 0.25) is 10.0 Å². The highest BCUT2D eigenvalue weighted by atomic mass is 32.2. The van der Waals surface area contributed by atoms with E-state index in [9.17, 15) is 8.42 Å². The molecule has 1 aliphatic rings. The van der Waals surface area contributed by atoms with Crippen LogP contribution in [0.5, 0.6) is 0 Å². The van der Waals surface area contributed by atoms with Crippen molar-refractivity contribution in [2.75, 3.05) is 13.1 Å². The van der Waals surface area contributed by atoms with Gasteiger partial charge in [-0.05, 0) is 37.1 Å². The van der Waals surface area contributed by atoms with Crippen molar-refractivity contribution < 1.29 is 8.42 Å². The molecule has 0 amide bonds. The number of aromatic nitrogens is 3. The summed E-state index contributed by atoms with van der Waals surface area (Å²) >= 11 is 0. The molecule has 1 aromatic heterocycles. The Bertz CT molecular complexity index is 719. The van der Waals surface area contributed by atoms with Crippen LogP contribution in [0.4, 0.5) is 0 Å². The fraction of sp³-hybridized carbons (Fsp3) is 0.385. The molecule has 1 saturated heterocycles. The molecule has 0 saturated carbocycles. The van der Waals surface area contributed by atoms with Crippen molar-refractivity contribution in [1.82, 2.24) is 19.3 Å². The number of aryl methyl sites for hydroxylation is 2. The quantitative estimate of drug-likeness (QED) is 0.851. The third kappa shape index (κ3) is 2.12. The van der Waals surface area contributed by atoms with Gasteiger partial charge >= 0.3 is 0 Å². The number of nitrogens with zero attached hydrogens (tertiary/aromatic N) is 4. The van der Waals surface area contributed by atoms with Crippen molar-refractivity contribution in [3.8, 4) is 0 Å². The molecule has 0 bridgehead atoms. The van der Waals surface area contributed by atoms with Crippen LogP contribution in [-0.2, 0) is 10.0 Å². The van der Waals surface area contributed by atoms with Gasteiger partial charge in [0, 0.05) is 19.3 Å². The van der Waals surface area contributed by atoms with Crippen LogP contribution in [0, 0.1) is 13.8 Å². The molecule has 3 rings (SSSR count). The topological polar surface area (TPSA) is 68.1 Å². The van der Waals surface area contributed by atoms with E-state index in [1.807, 2.05) is 19.9 Å². The Kier molecular flexibility index (Phi) is 3.10. The van der Waals surface area contributed by atoms with Crippen LogP contribution in [0.1, 0.15) is 17.2 Å². The standard InChI is InChI=1S/C13H16N4O2S/c1-10-3-4-13(7-11(10)2)20(18,19)16-8-12(9-16)17-6-5-14-15-17/h3-7,12H,8-9H2,1-2H3. The maximum absolute atomic E-state index is 12.5. The Labute approximate surface area is 118 Å². The lowest BCUT2D eigenvalue weighted by Gasteiger charge is -2.37. The lowest BCUT2D eigenvalue weighted by Crippen LogP contribution is -2.50. The summed E-state index contributed by atoms with van der Waals surface area (Å²) in [4.78, 5) is 0.359. The minimum absolute atomic E-state index is 0.0822. The second-order valence-corrected chi connectivity index (χ2v) is 7.04. The first-order chi connectivity index (χ1) is 9.48. The predicted octanol–water partition coefficient (Wildman–Crippen LogP) is 1.14. The number of hydrogen-bond acceptors (Lipinski definition) is 4. The molecule has 2 aromatic rings. The molecule has 0 spiro atoms. The molecule has 2 heterocycles. The van der Waals surface area contributed by atoms with Crippen molar-refractivity contribution in [2.24, 2.45) is 0 Å². The van der Waals surface area contributed by atoms with Crippen LogP contribution in [0.15, 0.2) is 35.5 Å². The second-order valence-electron chi connectivity index (χ2n) is 5.10. The van der Waals surface area contributed by atoms with Gasteiger partial charge in [-0.3, -0.25) is 0 Å². The fourth-order valence-electron chi connectivity index (χ4n) is 2.22. The van der Waals surface area contributed by atoms with E-state index >= 15 is 0 Å². The molecule has 6 nitrogen and oxygen atoms in total. The molecule has 0 N–H and O–H groups in total. The Hall–Kier alpha value is -1.73. The Morgan fingerprint density at radius 1 is 1.20 bits per heavy atom. The summed E-state index contributed by atoms with van der Waals surface area (Å²) in [7, 11) is -3.39. The highest BCUT2D eigenvalue weighted by Gasteiger charge is 2.38. The Balaban J connectivity index is 1.79. The van der Waals surface area contributed by atoms with Crippen LogP contribution in [0.2, 0.25) is 0 Å². The first-order valence-electron chi connectivity index (χ1n) is 6.41. The molecular weight excluding hydrogens is 276 g/mol. The van der Waals surface area contributed by atoms with Gasteiger partial charge in [0.15, 0.2) is 0 Å². The highest BCUT2D eigenvalue weighted by molar-refractivity contribution is 7.89. The van der Waals surface area contributed by atoms with E-state index < -0.39 is 10.0 Å². The largest absolute Gasteiger partial charge is 0.247 e.